The third-order valence-electron chi connectivity index (χ3n) is 5.83. The smallest absolute Gasteiger partial charge is 0.261 e. The molecule has 1 amide bonds. The van der Waals surface area contributed by atoms with E-state index in [0.29, 0.717) is 6.54 Å². The Morgan fingerprint density at radius 2 is 2.00 bits per heavy atom. The highest BCUT2D eigenvalue weighted by molar-refractivity contribution is 7.18. The summed E-state index contributed by atoms with van der Waals surface area (Å²) >= 11 is 1.58. The number of amides is 1. The van der Waals surface area contributed by atoms with Crippen LogP contribution in [-0.2, 0) is 6.42 Å². The fraction of sp³-hybridized carbons (Fsp3) is 0.346. The maximum Gasteiger partial charge on any atom is 0.261 e. The van der Waals surface area contributed by atoms with E-state index in [2.05, 4.69) is 83.6 Å². The van der Waals surface area contributed by atoms with Crippen molar-refractivity contribution in [2.75, 3.05) is 36.0 Å². The van der Waals surface area contributed by atoms with Crippen LogP contribution in [0.15, 0.2) is 60.7 Å². The molecule has 31 heavy (non-hydrogen) atoms. The van der Waals surface area contributed by atoms with Crippen molar-refractivity contribution in [3.63, 3.8) is 0 Å². The number of rotatable bonds is 8. The van der Waals surface area contributed by atoms with E-state index in [1.807, 2.05) is 6.07 Å². The molecule has 4 nitrogen and oxygen atoms in total. The Hall–Kier alpha value is -2.79. The Morgan fingerprint density at radius 3 is 2.84 bits per heavy atom. The highest BCUT2D eigenvalue weighted by Gasteiger charge is 2.20. The molecule has 0 fully saturated rings. The van der Waals surface area contributed by atoms with E-state index in [1.54, 1.807) is 11.3 Å². The fourth-order valence-corrected chi connectivity index (χ4v) is 5.17. The summed E-state index contributed by atoms with van der Waals surface area (Å²) in [6, 6.07) is 21.2. The molecule has 1 aliphatic heterocycles. The second kappa shape index (κ2) is 10.0. The summed E-state index contributed by atoms with van der Waals surface area (Å²) in [7, 11) is 0. The normalized spacial score (nSPS) is 13.0. The SMILES string of the molecule is CCN(CCCNC(=O)c1ccc(N2CCCc3ccccc32)s1)c1cccc(C)c1. The molecule has 0 atom stereocenters. The highest BCUT2D eigenvalue weighted by Crippen LogP contribution is 2.37. The van der Waals surface area contributed by atoms with Crippen molar-refractivity contribution in [3.05, 3.63) is 76.7 Å². The van der Waals surface area contributed by atoms with Crippen LogP contribution in [0.3, 0.4) is 0 Å². The van der Waals surface area contributed by atoms with Gasteiger partial charge in [0.25, 0.3) is 5.91 Å². The summed E-state index contributed by atoms with van der Waals surface area (Å²) < 4.78 is 0. The van der Waals surface area contributed by atoms with Crippen LogP contribution in [-0.4, -0.2) is 32.1 Å². The van der Waals surface area contributed by atoms with E-state index in [9.17, 15) is 4.79 Å². The molecule has 0 unspecified atom stereocenters. The van der Waals surface area contributed by atoms with Gasteiger partial charge in [-0.25, -0.2) is 0 Å². The molecule has 0 radical (unpaired) electrons. The number of anilines is 3. The summed E-state index contributed by atoms with van der Waals surface area (Å²) in [6.07, 6.45) is 3.19. The second-order valence-corrected chi connectivity index (χ2v) is 9.11. The minimum atomic E-state index is 0.0279. The number of hydrogen-bond acceptors (Lipinski definition) is 4. The third kappa shape index (κ3) is 5.10. The van der Waals surface area contributed by atoms with Crippen LogP contribution in [0.25, 0.3) is 0 Å². The second-order valence-electron chi connectivity index (χ2n) is 8.05. The molecular weight excluding hydrogens is 402 g/mol. The van der Waals surface area contributed by atoms with Gasteiger partial charge in [-0.15, -0.1) is 11.3 Å². The van der Waals surface area contributed by atoms with Gasteiger partial charge in [-0.1, -0.05) is 30.3 Å². The van der Waals surface area contributed by atoms with Gasteiger partial charge in [0.1, 0.15) is 0 Å². The van der Waals surface area contributed by atoms with Crippen molar-refractivity contribution >= 4 is 33.6 Å². The Bertz CT molecular complexity index is 1030. The first-order valence-corrected chi connectivity index (χ1v) is 12.0. The van der Waals surface area contributed by atoms with E-state index in [4.69, 9.17) is 0 Å². The van der Waals surface area contributed by atoms with Crippen molar-refractivity contribution in [1.29, 1.82) is 0 Å². The molecule has 2 heterocycles. The van der Waals surface area contributed by atoms with E-state index in [1.165, 1.54) is 22.5 Å². The Kier molecular flexibility index (Phi) is 6.92. The molecule has 162 valence electrons. The summed E-state index contributed by atoms with van der Waals surface area (Å²) in [5.41, 5.74) is 5.19. The average Bonchev–Trinajstić information content (AvgIpc) is 3.29. The number of nitrogens with zero attached hydrogens (tertiary/aromatic N) is 2. The number of hydrogen-bond donors (Lipinski definition) is 1. The van der Waals surface area contributed by atoms with Gasteiger partial charge in [-0.05, 0) is 74.6 Å². The van der Waals surface area contributed by atoms with Crippen LogP contribution in [0, 0.1) is 6.92 Å². The number of carbonyl (C=O) groups is 1. The molecule has 2 aromatic carbocycles. The summed E-state index contributed by atoms with van der Waals surface area (Å²) in [4.78, 5) is 18.2. The number of benzene rings is 2. The zero-order valence-corrected chi connectivity index (χ0v) is 19.3. The standard InChI is InChI=1S/C26H31N3OS/c1-3-28(22-12-6-9-20(2)19-22)17-8-16-27-26(30)24-14-15-25(31-24)29-18-7-11-21-10-4-5-13-23(21)29/h4-6,9-10,12-15,19H,3,7-8,11,16-18H2,1-2H3,(H,27,30). The molecule has 3 aromatic rings. The molecule has 1 aliphatic rings. The average molecular weight is 434 g/mol. The largest absolute Gasteiger partial charge is 0.372 e. The van der Waals surface area contributed by atoms with Crippen molar-refractivity contribution in [1.82, 2.24) is 5.32 Å². The minimum absolute atomic E-state index is 0.0279. The van der Waals surface area contributed by atoms with Gasteiger partial charge in [-0.2, -0.15) is 0 Å². The number of aryl methyl sites for hydroxylation is 2. The topological polar surface area (TPSA) is 35.6 Å². The monoisotopic (exact) mass is 433 g/mol. The molecular formula is C26H31N3OS. The first-order valence-electron chi connectivity index (χ1n) is 11.2. The number of para-hydroxylation sites is 1. The molecule has 4 rings (SSSR count). The first-order chi connectivity index (χ1) is 15.2. The highest BCUT2D eigenvalue weighted by atomic mass is 32.1. The van der Waals surface area contributed by atoms with Crippen LogP contribution in [0.1, 0.15) is 40.6 Å². The number of nitrogens with one attached hydrogen (secondary N) is 1. The lowest BCUT2D eigenvalue weighted by atomic mass is 10.0. The lowest BCUT2D eigenvalue weighted by molar-refractivity contribution is 0.0957. The summed E-state index contributed by atoms with van der Waals surface area (Å²) in [6.45, 7) is 7.87. The van der Waals surface area contributed by atoms with E-state index < -0.39 is 0 Å². The minimum Gasteiger partial charge on any atom is -0.372 e. The molecule has 1 N–H and O–H groups in total. The van der Waals surface area contributed by atoms with Gasteiger partial charge in [0.15, 0.2) is 0 Å². The predicted molar refractivity (Wildman–Crippen MR) is 132 cm³/mol. The lowest BCUT2D eigenvalue weighted by Crippen LogP contribution is -2.29. The molecule has 0 saturated heterocycles. The van der Waals surface area contributed by atoms with Gasteiger partial charge >= 0.3 is 0 Å². The molecule has 0 bridgehead atoms. The number of fused-ring (bicyclic) bond motifs is 1. The van der Waals surface area contributed by atoms with E-state index in [-0.39, 0.29) is 5.91 Å². The Balaban J connectivity index is 1.31. The van der Waals surface area contributed by atoms with E-state index >= 15 is 0 Å². The van der Waals surface area contributed by atoms with Crippen LogP contribution < -0.4 is 15.1 Å². The molecule has 0 saturated carbocycles. The maximum atomic E-state index is 12.7. The fourth-order valence-electron chi connectivity index (χ4n) is 4.21. The summed E-state index contributed by atoms with van der Waals surface area (Å²) in [5.74, 6) is 0.0279. The summed E-state index contributed by atoms with van der Waals surface area (Å²) in [5, 5.41) is 4.25. The lowest BCUT2D eigenvalue weighted by Gasteiger charge is -2.30. The maximum absolute atomic E-state index is 12.7. The van der Waals surface area contributed by atoms with Crippen molar-refractivity contribution < 1.29 is 4.79 Å². The molecule has 1 aromatic heterocycles. The molecule has 0 aliphatic carbocycles. The molecule has 0 spiro atoms. The van der Waals surface area contributed by atoms with Crippen LogP contribution in [0.4, 0.5) is 16.4 Å². The number of carbonyl (C=O) groups excluding carboxylic acids is 1. The zero-order chi connectivity index (χ0) is 21.6. The van der Waals surface area contributed by atoms with E-state index in [0.717, 1.165) is 48.8 Å². The van der Waals surface area contributed by atoms with Gasteiger partial charge < -0.3 is 15.1 Å². The number of thiophene rings is 1. The van der Waals surface area contributed by atoms with Gasteiger partial charge in [0.2, 0.25) is 0 Å². The zero-order valence-electron chi connectivity index (χ0n) is 18.4. The van der Waals surface area contributed by atoms with Crippen molar-refractivity contribution in [2.24, 2.45) is 0 Å². The Labute approximate surface area is 189 Å². The third-order valence-corrected chi connectivity index (χ3v) is 6.94. The van der Waals surface area contributed by atoms with Crippen LogP contribution in [0.2, 0.25) is 0 Å². The van der Waals surface area contributed by atoms with Crippen LogP contribution in [0.5, 0.6) is 0 Å². The quantitative estimate of drug-likeness (QED) is 0.457. The molecule has 5 heteroatoms. The predicted octanol–water partition coefficient (Wildman–Crippen LogP) is 5.79. The first kappa shape index (κ1) is 21.4. The van der Waals surface area contributed by atoms with Crippen molar-refractivity contribution in [2.45, 2.75) is 33.1 Å². The van der Waals surface area contributed by atoms with Gasteiger partial charge in [0, 0.05) is 37.6 Å². The van der Waals surface area contributed by atoms with Crippen LogP contribution >= 0.6 is 11.3 Å². The van der Waals surface area contributed by atoms with Gasteiger partial charge in [-0.3, -0.25) is 4.79 Å². The Morgan fingerprint density at radius 1 is 1.13 bits per heavy atom. The van der Waals surface area contributed by atoms with Crippen molar-refractivity contribution in [3.8, 4) is 0 Å². The van der Waals surface area contributed by atoms with Gasteiger partial charge in [0.05, 0.1) is 9.88 Å².